The third kappa shape index (κ3) is 6.18. The highest BCUT2D eigenvalue weighted by molar-refractivity contribution is 5.73. The fraction of sp³-hybridized carbons (Fsp3) is 0.720. The van der Waals surface area contributed by atoms with Crippen molar-refractivity contribution in [2.24, 2.45) is 0 Å². The number of rotatable bonds is 7. The normalized spacial score (nSPS) is 27.0. The van der Waals surface area contributed by atoms with E-state index in [9.17, 15) is 15.0 Å². The Hall–Kier alpha value is -1.87. The van der Waals surface area contributed by atoms with Crippen LogP contribution < -0.4 is 15.0 Å². The standard InChI is InChI=1S/C25H40N4O4/c1-20(30)26-21-7-12-27(13-8-21)18-25(32)9-14-28(19-25)17-24(31)10-15-29(16-11-24)22-5-3-4-6-23(22)33-2/h3-6,21,31-32H,7-19H2,1-2H3,(H,26,30)/t25-/m1/s1. The summed E-state index contributed by atoms with van der Waals surface area (Å²) in [6.45, 7) is 7.64. The summed E-state index contributed by atoms with van der Waals surface area (Å²) in [5, 5.41) is 25.5. The SMILES string of the molecule is COc1ccccc1N1CCC(O)(CN2CC[C@@](O)(CN3CCC(NC(C)=O)CC3)C2)CC1. The molecule has 1 aromatic rings. The van der Waals surface area contributed by atoms with Crippen molar-refractivity contribution in [2.75, 3.05) is 64.4 Å². The van der Waals surface area contributed by atoms with Crippen LogP contribution in [0.2, 0.25) is 0 Å². The van der Waals surface area contributed by atoms with Gasteiger partial charge >= 0.3 is 0 Å². The van der Waals surface area contributed by atoms with Crippen LogP contribution in [0.25, 0.3) is 0 Å². The van der Waals surface area contributed by atoms with E-state index in [4.69, 9.17) is 4.74 Å². The number of nitrogens with zero attached hydrogens (tertiary/aromatic N) is 3. The van der Waals surface area contributed by atoms with Gasteiger partial charge in [-0.15, -0.1) is 0 Å². The highest BCUT2D eigenvalue weighted by atomic mass is 16.5. The Labute approximate surface area is 197 Å². The molecule has 0 aliphatic carbocycles. The van der Waals surface area contributed by atoms with E-state index in [1.165, 1.54) is 0 Å². The van der Waals surface area contributed by atoms with E-state index in [1.807, 2.05) is 18.2 Å². The van der Waals surface area contributed by atoms with Crippen molar-refractivity contribution >= 4 is 11.6 Å². The van der Waals surface area contributed by atoms with Crippen LogP contribution in [0.1, 0.15) is 39.0 Å². The van der Waals surface area contributed by atoms with Crippen LogP contribution in [-0.2, 0) is 4.79 Å². The van der Waals surface area contributed by atoms with Gasteiger partial charge in [0.25, 0.3) is 0 Å². The third-order valence-electron chi connectivity index (χ3n) is 7.56. The van der Waals surface area contributed by atoms with E-state index in [0.29, 0.717) is 32.5 Å². The lowest BCUT2D eigenvalue weighted by Gasteiger charge is -2.41. The van der Waals surface area contributed by atoms with E-state index < -0.39 is 11.2 Å². The van der Waals surface area contributed by atoms with Gasteiger partial charge in [0, 0.05) is 65.3 Å². The number of β-amino-alcohol motifs (C(OH)–C–C–N with tert-alkyl or cyclic N) is 2. The van der Waals surface area contributed by atoms with Crippen LogP contribution >= 0.6 is 0 Å². The number of methoxy groups -OCH3 is 1. The lowest BCUT2D eigenvalue weighted by molar-refractivity contribution is -0.120. The topological polar surface area (TPSA) is 88.5 Å². The summed E-state index contributed by atoms with van der Waals surface area (Å²) >= 11 is 0. The van der Waals surface area contributed by atoms with Gasteiger partial charge in [0.15, 0.2) is 0 Å². The number of hydrogen-bond donors (Lipinski definition) is 3. The van der Waals surface area contributed by atoms with Gasteiger partial charge in [0.2, 0.25) is 5.91 Å². The number of aliphatic hydroxyl groups is 2. The number of anilines is 1. The third-order valence-corrected chi connectivity index (χ3v) is 7.56. The van der Waals surface area contributed by atoms with Gasteiger partial charge in [0.1, 0.15) is 5.75 Å². The van der Waals surface area contributed by atoms with Gasteiger partial charge in [-0.2, -0.15) is 0 Å². The van der Waals surface area contributed by atoms with E-state index in [-0.39, 0.29) is 11.9 Å². The second kappa shape index (κ2) is 10.2. The lowest BCUT2D eigenvalue weighted by Crippen LogP contribution is -2.53. The van der Waals surface area contributed by atoms with Gasteiger partial charge in [-0.05, 0) is 44.2 Å². The van der Waals surface area contributed by atoms with Crippen LogP contribution in [0.4, 0.5) is 5.69 Å². The maximum absolute atomic E-state index is 11.3. The molecule has 8 heteroatoms. The number of nitrogens with one attached hydrogen (secondary N) is 1. The zero-order valence-corrected chi connectivity index (χ0v) is 20.1. The van der Waals surface area contributed by atoms with Crippen LogP contribution in [-0.4, -0.2) is 103 Å². The summed E-state index contributed by atoms with van der Waals surface area (Å²) in [5.74, 6) is 0.902. The number of carbonyl (C=O) groups excluding carboxylic acids is 1. The lowest BCUT2D eigenvalue weighted by atomic mass is 9.90. The molecule has 184 valence electrons. The summed E-state index contributed by atoms with van der Waals surface area (Å²) < 4.78 is 5.50. The smallest absolute Gasteiger partial charge is 0.217 e. The molecule has 3 aliphatic rings. The molecule has 0 bridgehead atoms. The number of amides is 1. The minimum Gasteiger partial charge on any atom is -0.495 e. The minimum atomic E-state index is -0.727. The predicted molar refractivity (Wildman–Crippen MR) is 129 cm³/mol. The Balaban J connectivity index is 1.24. The summed E-state index contributed by atoms with van der Waals surface area (Å²) in [4.78, 5) is 18.1. The van der Waals surface area contributed by atoms with Crippen molar-refractivity contribution in [2.45, 2.75) is 56.3 Å². The maximum Gasteiger partial charge on any atom is 0.217 e. The first-order valence-electron chi connectivity index (χ1n) is 12.3. The Bertz CT molecular complexity index is 805. The number of ether oxygens (including phenoxy) is 1. The van der Waals surface area contributed by atoms with Crippen molar-refractivity contribution in [3.8, 4) is 5.75 Å². The zero-order chi connectivity index (χ0) is 23.5. The summed E-state index contributed by atoms with van der Waals surface area (Å²) in [5.41, 5.74) is -0.365. The number of likely N-dealkylation sites (tertiary alicyclic amines) is 2. The van der Waals surface area contributed by atoms with Crippen molar-refractivity contribution in [3.05, 3.63) is 24.3 Å². The molecular weight excluding hydrogens is 420 g/mol. The fourth-order valence-corrected chi connectivity index (χ4v) is 5.77. The molecule has 3 N–H and O–H groups in total. The Morgan fingerprint density at radius 3 is 2.30 bits per heavy atom. The second-order valence-electron chi connectivity index (χ2n) is 10.3. The highest BCUT2D eigenvalue weighted by Crippen LogP contribution is 2.34. The van der Waals surface area contributed by atoms with Crippen LogP contribution in [0.5, 0.6) is 5.75 Å². The van der Waals surface area contributed by atoms with Gasteiger partial charge in [-0.1, -0.05) is 12.1 Å². The number of hydrogen-bond acceptors (Lipinski definition) is 7. The first-order valence-corrected chi connectivity index (χ1v) is 12.3. The van der Waals surface area contributed by atoms with Crippen LogP contribution in [0.15, 0.2) is 24.3 Å². The Kier molecular flexibility index (Phi) is 7.48. The van der Waals surface area contributed by atoms with Gasteiger partial charge in [-0.3, -0.25) is 9.69 Å². The van der Waals surface area contributed by atoms with Crippen molar-refractivity contribution in [1.29, 1.82) is 0 Å². The molecule has 0 radical (unpaired) electrons. The average Bonchev–Trinajstić information content (AvgIpc) is 3.14. The molecule has 8 nitrogen and oxygen atoms in total. The molecule has 1 amide bonds. The Morgan fingerprint density at radius 1 is 1.00 bits per heavy atom. The molecule has 1 atom stereocenters. The molecule has 0 aromatic heterocycles. The van der Waals surface area contributed by atoms with Crippen LogP contribution in [0, 0.1) is 0 Å². The molecule has 3 saturated heterocycles. The van der Waals surface area contributed by atoms with E-state index in [2.05, 4.69) is 26.1 Å². The van der Waals surface area contributed by atoms with Crippen molar-refractivity contribution in [1.82, 2.24) is 15.1 Å². The largest absolute Gasteiger partial charge is 0.495 e. The number of carbonyl (C=O) groups is 1. The van der Waals surface area contributed by atoms with Crippen molar-refractivity contribution in [3.63, 3.8) is 0 Å². The summed E-state index contributed by atoms with van der Waals surface area (Å²) in [7, 11) is 1.69. The molecule has 3 heterocycles. The summed E-state index contributed by atoms with van der Waals surface area (Å²) in [6.07, 6.45) is 4.01. The monoisotopic (exact) mass is 460 g/mol. The van der Waals surface area contributed by atoms with Gasteiger partial charge < -0.3 is 30.1 Å². The quantitative estimate of drug-likeness (QED) is 0.561. The number of piperidine rings is 2. The molecule has 3 fully saturated rings. The molecule has 0 spiro atoms. The number of benzene rings is 1. The predicted octanol–water partition coefficient (Wildman–Crippen LogP) is 1.06. The highest BCUT2D eigenvalue weighted by Gasteiger charge is 2.42. The molecule has 0 unspecified atom stereocenters. The maximum atomic E-state index is 11.3. The molecule has 0 saturated carbocycles. The van der Waals surface area contributed by atoms with Gasteiger partial charge in [-0.25, -0.2) is 0 Å². The minimum absolute atomic E-state index is 0.0326. The molecule has 4 rings (SSSR count). The zero-order valence-electron chi connectivity index (χ0n) is 20.1. The Morgan fingerprint density at radius 2 is 1.64 bits per heavy atom. The van der Waals surface area contributed by atoms with Gasteiger partial charge in [0.05, 0.1) is 24.0 Å². The van der Waals surface area contributed by atoms with Crippen molar-refractivity contribution < 1.29 is 19.7 Å². The number of para-hydroxylation sites is 2. The van der Waals surface area contributed by atoms with E-state index >= 15 is 0 Å². The average molecular weight is 461 g/mol. The van der Waals surface area contributed by atoms with E-state index in [0.717, 1.165) is 63.4 Å². The second-order valence-corrected chi connectivity index (χ2v) is 10.3. The first kappa shape index (κ1) is 24.3. The summed E-state index contributed by atoms with van der Waals surface area (Å²) in [6, 6.07) is 8.30. The fourth-order valence-electron chi connectivity index (χ4n) is 5.77. The molecular formula is C25H40N4O4. The van der Waals surface area contributed by atoms with E-state index in [1.54, 1.807) is 14.0 Å². The first-order chi connectivity index (χ1) is 15.8. The molecule has 1 aromatic carbocycles. The van der Waals surface area contributed by atoms with Crippen LogP contribution in [0.3, 0.4) is 0 Å². The molecule has 33 heavy (non-hydrogen) atoms. The molecule has 3 aliphatic heterocycles.